The summed E-state index contributed by atoms with van der Waals surface area (Å²) in [5.74, 6) is -2.79. The third kappa shape index (κ3) is 5.92. The zero-order valence-corrected chi connectivity index (χ0v) is 24.9. The van der Waals surface area contributed by atoms with E-state index >= 15 is 0 Å². The number of piperidine rings is 1. The summed E-state index contributed by atoms with van der Waals surface area (Å²) in [5, 5.41) is 4.28. The highest BCUT2D eigenvalue weighted by Gasteiger charge is 2.30. The fourth-order valence-electron chi connectivity index (χ4n) is 5.94. The number of para-hydroxylation sites is 1. The average Bonchev–Trinajstić information content (AvgIpc) is 3.61. The molecule has 0 atom stereocenters. The van der Waals surface area contributed by atoms with Gasteiger partial charge < -0.3 is 20.1 Å². The Morgan fingerprint density at radius 2 is 1.78 bits per heavy atom. The largest absolute Gasteiger partial charge is 0.435 e. The summed E-state index contributed by atoms with van der Waals surface area (Å²) >= 11 is 0. The number of rotatable bonds is 8. The topological polar surface area (TPSA) is 113 Å². The van der Waals surface area contributed by atoms with Crippen LogP contribution in [0.15, 0.2) is 54.4 Å². The van der Waals surface area contributed by atoms with Crippen molar-refractivity contribution in [1.82, 2.24) is 19.7 Å². The van der Waals surface area contributed by atoms with Crippen molar-refractivity contribution >= 4 is 23.6 Å². The van der Waals surface area contributed by atoms with Crippen LogP contribution in [0.4, 0.5) is 23.4 Å². The normalized spacial score (nSPS) is 14.8. The minimum absolute atomic E-state index is 0.0275. The third-order valence-electron chi connectivity index (χ3n) is 8.33. The monoisotopic (exact) mass is 635 g/mol. The predicted octanol–water partition coefficient (Wildman–Crippen LogP) is 6.38. The van der Waals surface area contributed by atoms with Gasteiger partial charge in [-0.25, -0.2) is 18.4 Å². The van der Waals surface area contributed by atoms with Crippen LogP contribution in [0, 0.1) is 18.6 Å². The predicted molar refractivity (Wildman–Crippen MR) is 160 cm³/mol. The molecule has 6 rings (SSSR count). The number of carbonyl (C=O) groups is 2. The number of hydrogen-bond acceptors (Lipinski definition) is 7. The van der Waals surface area contributed by atoms with Gasteiger partial charge in [-0.05, 0) is 72.2 Å². The van der Waals surface area contributed by atoms with Crippen LogP contribution in [-0.2, 0) is 11.2 Å². The number of aryl methyl sites for hydroxylation is 1. The number of aromatic nitrogens is 3. The van der Waals surface area contributed by atoms with Crippen LogP contribution >= 0.6 is 0 Å². The number of nitrogens with zero attached hydrogens (tertiary/aromatic N) is 4. The number of alkyl halides is 2. The van der Waals surface area contributed by atoms with Gasteiger partial charge in [0.25, 0.3) is 0 Å². The number of fused-ring (bicyclic) bond motifs is 1. The summed E-state index contributed by atoms with van der Waals surface area (Å²) in [4.78, 5) is 31.3. The van der Waals surface area contributed by atoms with Crippen LogP contribution in [0.3, 0.4) is 0 Å². The lowest BCUT2D eigenvalue weighted by atomic mass is 9.87. The number of anilines is 1. The first-order chi connectivity index (χ1) is 22.0. The summed E-state index contributed by atoms with van der Waals surface area (Å²) in [5.41, 5.74) is 9.89. The molecular formula is C33H29F4N5O4. The third-order valence-corrected chi connectivity index (χ3v) is 8.33. The molecule has 1 aliphatic carbocycles. The number of nitrogen functional groups attached to an aromatic ring is 1. The van der Waals surface area contributed by atoms with E-state index in [2.05, 4.69) is 10.1 Å². The second kappa shape index (κ2) is 12.3. The van der Waals surface area contributed by atoms with Gasteiger partial charge in [-0.15, -0.1) is 0 Å². The van der Waals surface area contributed by atoms with E-state index in [1.54, 1.807) is 17.9 Å². The molecule has 1 amide bonds. The van der Waals surface area contributed by atoms with Gasteiger partial charge in [0.05, 0.1) is 23.6 Å². The maximum absolute atomic E-state index is 14.0. The lowest BCUT2D eigenvalue weighted by molar-refractivity contribution is -0.129. The van der Waals surface area contributed by atoms with Gasteiger partial charge >= 0.3 is 6.61 Å². The Morgan fingerprint density at radius 1 is 1.07 bits per heavy atom. The van der Waals surface area contributed by atoms with Crippen LogP contribution < -0.4 is 15.2 Å². The molecule has 0 saturated carbocycles. The van der Waals surface area contributed by atoms with Crippen molar-refractivity contribution in [2.45, 2.75) is 45.6 Å². The minimum Gasteiger partial charge on any atom is -0.435 e. The molecule has 1 aliphatic heterocycles. The molecule has 3 heterocycles. The number of amides is 1. The summed E-state index contributed by atoms with van der Waals surface area (Å²) in [6.45, 7) is 1.22. The van der Waals surface area contributed by atoms with E-state index in [0.29, 0.717) is 53.9 Å². The first-order valence-corrected chi connectivity index (χ1v) is 14.5. The molecular weight excluding hydrogens is 606 g/mol. The molecule has 2 aromatic heterocycles. The maximum atomic E-state index is 14.0. The highest BCUT2D eigenvalue weighted by atomic mass is 19.3. The zero-order chi connectivity index (χ0) is 32.7. The quantitative estimate of drug-likeness (QED) is 0.177. The van der Waals surface area contributed by atoms with E-state index in [1.807, 2.05) is 6.07 Å². The first-order valence-electron chi connectivity index (χ1n) is 14.5. The molecule has 1 fully saturated rings. The Morgan fingerprint density at radius 3 is 2.43 bits per heavy atom. The highest BCUT2D eigenvalue weighted by Crippen LogP contribution is 2.40. The van der Waals surface area contributed by atoms with Gasteiger partial charge in [-0.1, -0.05) is 12.1 Å². The number of benzene rings is 2. The Kier molecular flexibility index (Phi) is 8.24. The average molecular weight is 636 g/mol. The van der Waals surface area contributed by atoms with Crippen molar-refractivity contribution in [3.05, 3.63) is 93.8 Å². The summed E-state index contributed by atoms with van der Waals surface area (Å²) in [6.07, 6.45) is 5.79. The van der Waals surface area contributed by atoms with Crippen molar-refractivity contribution in [3.8, 4) is 23.1 Å². The minimum atomic E-state index is -3.02. The Balaban J connectivity index is 1.22. The van der Waals surface area contributed by atoms with Gasteiger partial charge in [0.1, 0.15) is 11.6 Å². The maximum Gasteiger partial charge on any atom is 0.387 e. The molecule has 9 nitrogen and oxygen atoms in total. The van der Waals surface area contributed by atoms with Gasteiger partial charge in [0.15, 0.2) is 17.4 Å². The molecule has 0 spiro atoms. The van der Waals surface area contributed by atoms with Gasteiger partial charge in [-0.3, -0.25) is 9.59 Å². The van der Waals surface area contributed by atoms with E-state index < -0.39 is 24.0 Å². The summed E-state index contributed by atoms with van der Waals surface area (Å²) < 4.78 is 66.4. The number of nitrogens with two attached hydrogens (primary N) is 1. The van der Waals surface area contributed by atoms with Gasteiger partial charge in [0, 0.05) is 38.1 Å². The lowest BCUT2D eigenvalue weighted by Crippen LogP contribution is -2.36. The van der Waals surface area contributed by atoms with Crippen molar-refractivity contribution < 1.29 is 36.6 Å². The number of hydrogen-bond donors (Lipinski definition) is 1. The van der Waals surface area contributed by atoms with Crippen molar-refractivity contribution in [2.24, 2.45) is 0 Å². The molecule has 4 aromatic rings. The van der Waals surface area contributed by atoms with Crippen LogP contribution in [0.25, 0.3) is 11.8 Å². The fourth-order valence-corrected chi connectivity index (χ4v) is 5.94. The van der Waals surface area contributed by atoms with Crippen LogP contribution in [0.5, 0.6) is 17.4 Å². The first kappa shape index (κ1) is 30.8. The van der Waals surface area contributed by atoms with E-state index in [1.165, 1.54) is 42.2 Å². The van der Waals surface area contributed by atoms with Crippen LogP contribution in [-0.4, -0.2) is 51.1 Å². The Hall–Kier alpha value is -5.20. The van der Waals surface area contributed by atoms with Gasteiger partial charge in [0.2, 0.25) is 17.5 Å². The molecule has 0 bridgehead atoms. The Labute approximate surface area is 261 Å². The van der Waals surface area contributed by atoms with Crippen LogP contribution in [0.2, 0.25) is 0 Å². The number of pyridine rings is 1. The van der Waals surface area contributed by atoms with E-state index in [-0.39, 0.29) is 47.0 Å². The van der Waals surface area contributed by atoms with E-state index in [9.17, 15) is 27.2 Å². The number of ether oxygens (including phenoxy) is 2. The van der Waals surface area contributed by atoms with Crippen molar-refractivity contribution in [3.63, 3.8) is 0 Å². The number of ketones is 1. The van der Waals surface area contributed by atoms with Crippen LogP contribution in [0.1, 0.15) is 58.3 Å². The molecule has 46 heavy (non-hydrogen) atoms. The SMILES string of the molecule is CC(=O)N1CCC(c2cc3c(cc2OC(F)F)C=C(C(=O)c2cnn(-c4cnc(Oc5c(F)cccc5F)cc4C)c2N)C3)CC1. The fraction of sp³-hybridized carbons (Fsp3) is 0.273. The second-order valence-corrected chi connectivity index (χ2v) is 11.2. The number of halogens is 4. The molecule has 2 N–H and O–H groups in total. The zero-order valence-electron chi connectivity index (χ0n) is 24.9. The van der Waals surface area contributed by atoms with Crippen molar-refractivity contribution in [2.75, 3.05) is 18.8 Å². The molecule has 1 saturated heterocycles. The molecule has 0 radical (unpaired) electrons. The standard InChI is InChI=1S/C33H29F4N5O4/c1-17-10-29(46-31-25(34)4-3-5-26(31)35)39-16-27(17)42-32(38)24(15-40-42)30(44)22-11-20-13-23(19-6-8-41(9-7-19)18(2)43)28(45-33(36)37)14-21(20)12-22/h3-5,10,12-16,19,33H,6-9,11,38H2,1-2H3. The molecule has 238 valence electrons. The molecule has 13 heteroatoms. The lowest BCUT2D eigenvalue weighted by Gasteiger charge is -2.32. The smallest absolute Gasteiger partial charge is 0.387 e. The number of likely N-dealkylation sites (tertiary alicyclic amines) is 1. The molecule has 2 aromatic carbocycles. The van der Waals surface area contributed by atoms with Gasteiger partial charge in [-0.2, -0.15) is 13.9 Å². The number of carbonyl (C=O) groups excluding carboxylic acids is 2. The number of allylic oxidation sites excluding steroid dienone is 1. The number of Topliss-reactive ketones (excluding diaryl/α,β-unsaturated/α-hetero) is 1. The summed E-state index contributed by atoms with van der Waals surface area (Å²) in [7, 11) is 0. The Bertz CT molecular complexity index is 1860. The second-order valence-electron chi connectivity index (χ2n) is 11.2. The summed E-state index contributed by atoms with van der Waals surface area (Å²) in [6, 6.07) is 8.16. The molecule has 2 aliphatic rings. The van der Waals surface area contributed by atoms with E-state index in [4.69, 9.17) is 15.2 Å². The molecule has 0 unspecified atom stereocenters. The van der Waals surface area contributed by atoms with E-state index in [0.717, 1.165) is 17.7 Å². The highest BCUT2D eigenvalue weighted by molar-refractivity contribution is 6.15. The van der Waals surface area contributed by atoms with Crippen molar-refractivity contribution in [1.29, 1.82) is 0 Å².